The molecule has 0 radical (unpaired) electrons. The molecule has 0 aliphatic rings. The van der Waals surface area contributed by atoms with Gasteiger partial charge in [0.25, 0.3) is 0 Å². The van der Waals surface area contributed by atoms with Crippen LogP contribution >= 0.6 is 15.9 Å². The lowest BCUT2D eigenvalue weighted by Gasteiger charge is -2.23. The van der Waals surface area contributed by atoms with E-state index in [2.05, 4.69) is 35.5 Å². The zero-order valence-electron chi connectivity index (χ0n) is 10.4. The lowest BCUT2D eigenvalue weighted by molar-refractivity contribution is 0.129. The lowest BCUT2D eigenvalue weighted by atomic mass is 10.0. The third-order valence-corrected chi connectivity index (χ3v) is 3.10. The van der Waals surface area contributed by atoms with E-state index >= 15 is 0 Å². The second-order valence-electron chi connectivity index (χ2n) is 4.90. The molecule has 1 aromatic rings. The second-order valence-corrected chi connectivity index (χ2v) is 5.69. The minimum absolute atomic E-state index is 0.182. The molecule has 88 valence electrons. The third-order valence-electron chi connectivity index (χ3n) is 2.25. The van der Waals surface area contributed by atoms with Crippen LogP contribution in [0.4, 0.5) is 0 Å². The van der Waals surface area contributed by atoms with Crippen molar-refractivity contribution in [2.24, 2.45) is 0 Å². The largest absolute Gasteiger partial charge is 0.487 e. The molecule has 0 saturated carbocycles. The van der Waals surface area contributed by atoms with Crippen molar-refractivity contribution in [1.29, 1.82) is 0 Å². The van der Waals surface area contributed by atoms with Crippen molar-refractivity contribution in [3.8, 4) is 5.75 Å². The molecular formula is C14H19BrO. The van der Waals surface area contributed by atoms with Gasteiger partial charge >= 0.3 is 0 Å². The van der Waals surface area contributed by atoms with Crippen LogP contribution in [0.5, 0.6) is 5.75 Å². The number of hydrogen-bond donors (Lipinski definition) is 0. The Morgan fingerprint density at radius 3 is 2.50 bits per heavy atom. The number of hydrogen-bond acceptors (Lipinski definition) is 1. The van der Waals surface area contributed by atoms with E-state index in [0.717, 1.165) is 10.2 Å². The predicted octanol–water partition coefficient (Wildman–Crippen LogP) is 4.92. The van der Waals surface area contributed by atoms with E-state index in [1.807, 2.05) is 39.0 Å². The molecule has 1 rings (SSSR count). The Balaban J connectivity index is 3.09. The van der Waals surface area contributed by atoms with Crippen LogP contribution in [-0.4, -0.2) is 5.60 Å². The zero-order valence-corrected chi connectivity index (χ0v) is 12.0. The number of halogens is 1. The molecule has 16 heavy (non-hydrogen) atoms. The molecule has 0 fully saturated rings. The number of benzene rings is 1. The highest BCUT2D eigenvalue weighted by Gasteiger charge is 2.16. The highest BCUT2D eigenvalue weighted by molar-refractivity contribution is 9.10. The smallest absolute Gasteiger partial charge is 0.134 e. The fourth-order valence-corrected chi connectivity index (χ4v) is 2.12. The van der Waals surface area contributed by atoms with Gasteiger partial charge < -0.3 is 4.74 Å². The molecule has 0 bridgehead atoms. The van der Waals surface area contributed by atoms with Crippen LogP contribution in [0.25, 0.3) is 0 Å². The normalized spacial score (nSPS) is 13.3. The van der Waals surface area contributed by atoms with E-state index in [4.69, 9.17) is 4.74 Å². The summed E-state index contributed by atoms with van der Waals surface area (Å²) in [6, 6.07) is 6.09. The summed E-state index contributed by atoms with van der Waals surface area (Å²) in [5, 5.41) is 0. The van der Waals surface area contributed by atoms with Crippen molar-refractivity contribution in [3.05, 3.63) is 40.9 Å². The first-order chi connectivity index (χ1) is 7.35. The van der Waals surface area contributed by atoms with Crippen LogP contribution in [0, 0.1) is 0 Å². The zero-order chi connectivity index (χ0) is 12.3. The Hall–Kier alpha value is -0.760. The van der Waals surface area contributed by atoms with Gasteiger partial charge in [0.2, 0.25) is 0 Å². The molecule has 0 aliphatic heterocycles. The van der Waals surface area contributed by atoms with E-state index in [-0.39, 0.29) is 5.60 Å². The Kier molecular flexibility index (Phi) is 4.20. The molecule has 1 atom stereocenters. The summed E-state index contributed by atoms with van der Waals surface area (Å²) in [4.78, 5) is 0. The van der Waals surface area contributed by atoms with Gasteiger partial charge in [0, 0.05) is 0 Å². The molecule has 0 N–H and O–H groups in total. The first-order valence-electron chi connectivity index (χ1n) is 5.45. The average molecular weight is 283 g/mol. The fraction of sp³-hybridized carbons (Fsp3) is 0.429. The Morgan fingerprint density at radius 1 is 1.38 bits per heavy atom. The molecule has 0 aliphatic carbocycles. The van der Waals surface area contributed by atoms with Crippen molar-refractivity contribution >= 4 is 15.9 Å². The van der Waals surface area contributed by atoms with E-state index in [1.165, 1.54) is 5.56 Å². The Bertz CT molecular complexity index is 377. The lowest BCUT2D eigenvalue weighted by Crippen LogP contribution is -2.23. The van der Waals surface area contributed by atoms with Crippen molar-refractivity contribution in [2.45, 2.75) is 39.2 Å². The fourth-order valence-electron chi connectivity index (χ4n) is 1.42. The van der Waals surface area contributed by atoms with Crippen molar-refractivity contribution in [2.75, 3.05) is 0 Å². The van der Waals surface area contributed by atoms with Gasteiger partial charge in [-0.3, -0.25) is 0 Å². The van der Waals surface area contributed by atoms with Crippen molar-refractivity contribution in [3.63, 3.8) is 0 Å². The maximum atomic E-state index is 5.89. The molecule has 0 saturated heterocycles. The highest BCUT2D eigenvalue weighted by atomic mass is 79.9. The van der Waals surface area contributed by atoms with Gasteiger partial charge in [-0.25, -0.2) is 0 Å². The van der Waals surface area contributed by atoms with Gasteiger partial charge in [0.05, 0.1) is 4.47 Å². The first-order valence-corrected chi connectivity index (χ1v) is 6.24. The number of ether oxygens (including phenoxy) is 1. The third kappa shape index (κ3) is 3.38. The van der Waals surface area contributed by atoms with Crippen LogP contribution in [0.3, 0.4) is 0 Å². The monoisotopic (exact) mass is 282 g/mol. The molecule has 1 unspecified atom stereocenters. The van der Waals surface area contributed by atoms with Crippen LogP contribution in [0.1, 0.15) is 39.2 Å². The van der Waals surface area contributed by atoms with Crippen molar-refractivity contribution in [1.82, 2.24) is 0 Å². The number of rotatable bonds is 3. The quantitative estimate of drug-likeness (QED) is 0.716. The van der Waals surface area contributed by atoms with Gasteiger partial charge in [-0.05, 0) is 54.2 Å². The Morgan fingerprint density at radius 2 is 2.00 bits per heavy atom. The maximum Gasteiger partial charge on any atom is 0.134 e. The average Bonchev–Trinajstić information content (AvgIpc) is 2.18. The van der Waals surface area contributed by atoms with Gasteiger partial charge in [-0.15, -0.1) is 6.58 Å². The van der Waals surface area contributed by atoms with Crippen LogP contribution in [0.2, 0.25) is 0 Å². The second kappa shape index (κ2) is 5.05. The molecule has 0 aromatic heterocycles. The standard InChI is InChI=1S/C14H19BrO/c1-6-10(2)11-8-7-9-12(13(11)15)16-14(3,4)5/h6-10H,1H2,2-5H3. The van der Waals surface area contributed by atoms with Crippen molar-refractivity contribution < 1.29 is 4.74 Å². The summed E-state index contributed by atoms with van der Waals surface area (Å²) >= 11 is 3.60. The Labute approximate surface area is 107 Å². The van der Waals surface area contributed by atoms with Gasteiger partial charge in [-0.1, -0.05) is 25.1 Å². The van der Waals surface area contributed by atoms with Gasteiger partial charge in [0.15, 0.2) is 0 Å². The van der Waals surface area contributed by atoms with Gasteiger partial charge in [-0.2, -0.15) is 0 Å². The van der Waals surface area contributed by atoms with E-state index in [9.17, 15) is 0 Å². The summed E-state index contributed by atoms with van der Waals surface area (Å²) in [5.74, 6) is 1.21. The molecule has 1 nitrogen and oxygen atoms in total. The predicted molar refractivity (Wildman–Crippen MR) is 73.1 cm³/mol. The molecule has 2 heteroatoms. The summed E-state index contributed by atoms with van der Waals surface area (Å²) in [6.07, 6.45) is 1.93. The summed E-state index contributed by atoms with van der Waals surface area (Å²) in [6.45, 7) is 12.1. The van der Waals surface area contributed by atoms with E-state index < -0.39 is 0 Å². The molecule has 1 aromatic carbocycles. The topological polar surface area (TPSA) is 9.23 Å². The summed E-state index contributed by atoms with van der Waals surface area (Å²) < 4.78 is 6.91. The van der Waals surface area contributed by atoms with Crippen LogP contribution in [0.15, 0.2) is 35.3 Å². The summed E-state index contributed by atoms with van der Waals surface area (Å²) in [7, 11) is 0. The minimum atomic E-state index is -0.182. The first kappa shape index (κ1) is 13.3. The number of allylic oxidation sites excluding steroid dienone is 1. The molecule has 0 spiro atoms. The van der Waals surface area contributed by atoms with E-state index in [1.54, 1.807) is 0 Å². The van der Waals surface area contributed by atoms with E-state index in [0.29, 0.717) is 5.92 Å². The molecular weight excluding hydrogens is 264 g/mol. The van der Waals surface area contributed by atoms with Crippen LogP contribution in [-0.2, 0) is 0 Å². The van der Waals surface area contributed by atoms with Gasteiger partial charge in [0.1, 0.15) is 11.4 Å². The van der Waals surface area contributed by atoms with Crippen LogP contribution < -0.4 is 4.74 Å². The molecule has 0 amide bonds. The molecule has 0 heterocycles. The highest BCUT2D eigenvalue weighted by Crippen LogP contribution is 2.35. The minimum Gasteiger partial charge on any atom is -0.487 e. The SMILES string of the molecule is C=CC(C)c1cccc(OC(C)(C)C)c1Br. The summed E-state index contributed by atoms with van der Waals surface area (Å²) in [5.41, 5.74) is 1.02. The maximum absolute atomic E-state index is 5.89.